The number of amides is 1. The van der Waals surface area contributed by atoms with Crippen molar-refractivity contribution < 1.29 is 14.6 Å². The molecule has 2 atom stereocenters. The molecule has 0 unspecified atom stereocenters. The zero-order valence-electron chi connectivity index (χ0n) is 19.2. The van der Waals surface area contributed by atoms with Crippen molar-refractivity contribution in [1.29, 1.82) is 0 Å². The number of aliphatic hydroxyl groups is 1. The Hall–Kier alpha value is -1.89. The minimum absolute atomic E-state index is 0.0814. The molecule has 6 heteroatoms. The molecule has 0 aliphatic carbocycles. The van der Waals surface area contributed by atoms with Crippen molar-refractivity contribution in [3.05, 3.63) is 51.7 Å². The van der Waals surface area contributed by atoms with Gasteiger partial charge < -0.3 is 14.7 Å². The number of rotatable bonds is 10. The first-order valence-corrected chi connectivity index (χ1v) is 12.3. The number of carbonyl (C=O) groups excluding carboxylic acids is 1. The van der Waals surface area contributed by atoms with E-state index in [0.29, 0.717) is 38.6 Å². The summed E-state index contributed by atoms with van der Waals surface area (Å²) in [5.41, 5.74) is 2.50. The monoisotopic (exact) mass is 444 g/mol. The van der Waals surface area contributed by atoms with Gasteiger partial charge in [-0.05, 0) is 60.0 Å². The highest BCUT2D eigenvalue weighted by Gasteiger charge is 2.32. The molecule has 5 nitrogen and oxygen atoms in total. The molecule has 0 radical (unpaired) electrons. The van der Waals surface area contributed by atoms with Gasteiger partial charge in [0.2, 0.25) is 5.91 Å². The van der Waals surface area contributed by atoms with E-state index in [-0.39, 0.29) is 11.9 Å². The third kappa shape index (κ3) is 6.09. The number of hydrogen-bond acceptors (Lipinski definition) is 5. The van der Waals surface area contributed by atoms with Crippen molar-refractivity contribution in [2.24, 2.45) is 0 Å². The topological polar surface area (TPSA) is 53.0 Å². The summed E-state index contributed by atoms with van der Waals surface area (Å²) in [6.45, 7) is 11.1. The van der Waals surface area contributed by atoms with E-state index in [0.717, 1.165) is 18.7 Å². The largest absolute Gasteiger partial charge is 0.491 e. The molecular formula is C25H36N2O3S. The van der Waals surface area contributed by atoms with Gasteiger partial charge in [-0.25, -0.2) is 0 Å². The van der Waals surface area contributed by atoms with Crippen LogP contribution in [0.2, 0.25) is 0 Å². The van der Waals surface area contributed by atoms with Gasteiger partial charge in [0.15, 0.2) is 0 Å². The van der Waals surface area contributed by atoms with Crippen molar-refractivity contribution in [1.82, 2.24) is 9.80 Å². The van der Waals surface area contributed by atoms with Crippen LogP contribution in [0.25, 0.3) is 0 Å². The number of likely N-dealkylation sites (N-methyl/N-ethyl adjacent to an activating group) is 1. The molecule has 1 aliphatic rings. The third-order valence-corrected chi connectivity index (χ3v) is 7.11. The van der Waals surface area contributed by atoms with Gasteiger partial charge in [-0.15, -0.1) is 11.3 Å². The molecule has 0 saturated heterocycles. The first-order chi connectivity index (χ1) is 14.9. The molecule has 0 fully saturated rings. The van der Waals surface area contributed by atoms with Crippen molar-refractivity contribution in [3.8, 4) is 5.75 Å². The molecule has 1 aliphatic heterocycles. The lowest BCUT2D eigenvalue weighted by molar-refractivity contribution is -0.136. The molecule has 0 saturated carbocycles. The molecule has 2 heterocycles. The Morgan fingerprint density at radius 2 is 2.00 bits per heavy atom. The van der Waals surface area contributed by atoms with Gasteiger partial charge in [-0.3, -0.25) is 9.69 Å². The quantitative estimate of drug-likeness (QED) is 0.587. The van der Waals surface area contributed by atoms with E-state index >= 15 is 0 Å². The van der Waals surface area contributed by atoms with Crippen LogP contribution >= 0.6 is 11.3 Å². The summed E-state index contributed by atoms with van der Waals surface area (Å²) in [5.74, 6) is 1.42. The maximum atomic E-state index is 13.3. The lowest BCUT2D eigenvalue weighted by Gasteiger charge is -2.37. The Labute approximate surface area is 190 Å². The minimum atomic E-state index is -0.398. The SMILES string of the molecule is CC[C@@H](O)CN(CC)CC(=O)N1CCc2sccc2[C@H]1COc1ccc(C(C)C)cc1. The van der Waals surface area contributed by atoms with Crippen molar-refractivity contribution in [3.63, 3.8) is 0 Å². The highest BCUT2D eigenvalue weighted by atomic mass is 32.1. The average molecular weight is 445 g/mol. The second-order valence-corrected chi connectivity index (χ2v) is 9.58. The summed E-state index contributed by atoms with van der Waals surface area (Å²) >= 11 is 1.76. The van der Waals surface area contributed by atoms with Crippen LogP contribution in [0.3, 0.4) is 0 Å². The first-order valence-electron chi connectivity index (χ1n) is 11.4. The maximum absolute atomic E-state index is 13.3. The molecule has 0 bridgehead atoms. The zero-order chi connectivity index (χ0) is 22.4. The molecule has 170 valence electrons. The summed E-state index contributed by atoms with van der Waals surface area (Å²) in [6, 6.07) is 10.3. The Morgan fingerprint density at radius 1 is 1.26 bits per heavy atom. The fourth-order valence-corrected chi connectivity index (χ4v) is 4.94. The van der Waals surface area contributed by atoms with Crippen LogP contribution < -0.4 is 4.74 Å². The minimum Gasteiger partial charge on any atom is -0.491 e. The van der Waals surface area contributed by atoms with Gasteiger partial charge in [0.1, 0.15) is 12.4 Å². The number of carbonyl (C=O) groups is 1. The van der Waals surface area contributed by atoms with Crippen LogP contribution in [0.15, 0.2) is 35.7 Å². The normalized spacial score (nSPS) is 17.1. The van der Waals surface area contributed by atoms with E-state index in [9.17, 15) is 9.90 Å². The lowest BCUT2D eigenvalue weighted by Crippen LogP contribution is -2.47. The highest BCUT2D eigenvalue weighted by molar-refractivity contribution is 7.10. The summed E-state index contributed by atoms with van der Waals surface area (Å²) < 4.78 is 6.16. The Bertz CT molecular complexity index is 834. The van der Waals surface area contributed by atoms with Gasteiger partial charge >= 0.3 is 0 Å². The van der Waals surface area contributed by atoms with Gasteiger partial charge in [0.25, 0.3) is 0 Å². The van der Waals surface area contributed by atoms with Gasteiger partial charge in [-0.1, -0.05) is 39.8 Å². The number of aliphatic hydroxyl groups excluding tert-OH is 1. The van der Waals surface area contributed by atoms with Crippen LogP contribution in [0.4, 0.5) is 0 Å². The Morgan fingerprint density at radius 3 is 2.65 bits per heavy atom. The van der Waals surface area contributed by atoms with Crippen LogP contribution in [-0.4, -0.2) is 59.7 Å². The maximum Gasteiger partial charge on any atom is 0.237 e. The molecule has 1 N–H and O–H groups in total. The zero-order valence-corrected chi connectivity index (χ0v) is 20.0. The third-order valence-electron chi connectivity index (χ3n) is 6.12. The number of fused-ring (bicyclic) bond motifs is 1. The Balaban J connectivity index is 1.70. The second kappa shape index (κ2) is 11.1. The predicted molar refractivity (Wildman–Crippen MR) is 127 cm³/mol. The Kier molecular flexibility index (Phi) is 8.52. The van der Waals surface area contributed by atoms with Gasteiger partial charge in [0.05, 0.1) is 18.7 Å². The van der Waals surface area contributed by atoms with Gasteiger partial charge in [-0.2, -0.15) is 0 Å². The van der Waals surface area contributed by atoms with E-state index in [4.69, 9.17) is 4.74 Å². The first kappa shape index (κ1) is 23.8. The van der Waals surface area contributed by atoms with E-state index in [1.807, 2.05) is 35.8 Å². The summed E-state index contributed by atoms with van der Waals surface area (Å²) in [5, 5.41) is 12.1. The molecular weight excluding hydrogens is 408 g/mol. The number of nitrogens with zero attached hydrogens (tertiary/aromatic N) is 2. The molecule has 1 aromatic heterocycles. The summed E-state index contributed by atoms with van der Waals surface area (Å²) in [7, 11) is 0. The van der Waals surface area contributed by atoms with Crippen LogP contribution in [0.1, 0.15) is 62.1 Å². The number of thiophene rings is 1. The summed E-state index contributed by atoms with van der Waals surface area (Å²) in [4.78, 5) is 18.6. The number of ether oxygens (including phenoxy) is 1. The fourth-order valence-electron chi connectivity index (χ4n) is 4.01. The highest BCUT2D eigenvalue weighted by Crippen LogP contribution is 2.34. The molecule has 1 aromatic carbocycles. The van der Waals surface area contributed by atoms with Crippen LogP contribution in [0, 0.1) is 0 Å². The summed E-state index contributed by atoms with van der Waals surface area (Å²) in [6.07, 6.45) is 1.19. The molecule has 31 heavy (non-hydrogen) atoms. The van der Waals surface area contributed by atoms with Crippen LogP contribution in [0.5, 0.6) is 5.75 Å². The van der Waals surface area contributed by atoms with E-state index in [2.05, 4.69) is 37.4 Å². The van der Waals surface area contributed by atoms with Crippen molar-refractivity contribution in [2.75, 3.05) is 32.8 Å². The number of hydrogen-bond donors (Lipinski definition) is 1. The van der Waals surface area contributed by atoms with Crippen molar-refractivity contribution >= 4 is 17.2 Å². The molecule has 3 rings (SSSR count). The van der Waals surface area contributed by atoms with E-state index in [1.165, 1.54) is 16.0 Å². The van der Waals surface area contributed by atoms with Gasteiger partial charge in [0, 0.05) is 18.0 Å². The van der Waals surface area contributed by atoms with Crippen molar-refractivity contribution in [2.45, 2.75) is 58.6 Å². The molecule has 1 amide bonds. The molecule has 2 aromatic rings. The van der Waals surface area contributed by atoms with E-state index < -0.39 is 6.10 Å². The smallest absolute Gasteiger partial charge is 0.237 e. The van der Waals surface area contributed by atoms with E-state index in [1.54, 1.807) is 11.3 Å². The second-order valence-electron chi connectivity index (χ2n) is 8.58. The fraction of sp³-hybridized carbons (Fsp3) is 0.560. The lowest BCUT2D eigenvalue weighted by atomic mass is 10.00. The average Bonchev–Trinajstić information content (AvgIpc) is 3.26. The molecule has 0 spiro atoms. The standard InChI is InChI=1S/C25H36N2O3S/c1-5-20(28)15-26(6-2)16-25(29)27-13-11-24-22(12-14-31-24)23(27)17-30-21-9-7-19(8-10-21)18(3)4/h7-10,12,14,18,20,23,28H,5-6,11,13,15-17H2,1-4H3/t20-,23-/m1/s1. The van der Waals surface area contributed by atoms with Crippen LogP contribution in [-0.2, 0) is 11.2 Å². The number of benzene rings is 1. The predicted octanol–water partition coefficient (Wildman–Crippen LogP) is 4.47.